The van der Waals surface area contributed by atoms with Crippen molar-refractivity contribution in [3.63, 3.8) is 0 Å². The molecule has 7 nitrogen and oxygen atoms in total. The van der Waals surface area contributed by atoms with Gasteiger partial charge in [0.25, 0.3) is 10.0 Å². The first-order valence-corrected chi connectivity index (χ1v) is 8.01. The van der Waals surface area contributed by atoms with Gasteiger partial charge in [-0.2, -0.15) is 0 Å². The van der Waals surface area contributed by atoms with Gasteiger partial charge in [-0.1, -0.05) is 0 Å². The lowest BCUT2D eigenvalue weighted by atomic mass is 10.2. The Kier molecular flexibility index (Phi) is 4.79. The molecule has 0 radical (unpaired) electrons. The average molecular weight is 302 g/mol. The van der Waals surface area contributed by atoms with Gasteiger partial charge in [0.1, 0.15) is 0 Å². The summed E-state index contributed by atoms with van der Waals surface area (Å²) in [6.45, 7) is 3.07. The lowest BCUT2D eigenvalue weighted by Gasteiger charge is -2.10. The maximum absolute atomic E-state index is 12.0. The van der Waals surface area contributed by atoms with Crippen LogP contribution < -0.4 is 10.0 Å². The summed E-state index contributed by atoms with van der Waals surface area (Å²) in [5.74, 6) is -0.794. The molecule has 1 atom stereocenters. The highest BCUT2D eigenvalue weighted by atomic mass is 32.2. The summed E-state index contributed by atoms with van der Waals surface area (Å²) in [4.78, 5) is 11.4. The van der Waals surface area contributed by atoms with Crippen LogP contribution >= 0.6 is 0 Å². The van der Waals surface area contributed by atoms with Crippen molar-refractivity contribution in [2.24, 2.45) is 0 Å². The summed E-state index contributed by atoms with van der Waals surface area (Å²) in [6, 6.07) is 2.68. The molecule has 2 rings (SSSR count). The van der Waals surface area contributed by atoms with Gasteiger partial charge in [0, 0.05) is 12.6 Å². The van der Waals surface area contributed by atoms with Gasteiger partial charge in [0.2, 0.25) is 10.9 Å². The van der Waals surface area contributed by atoms with Crippen LogP contribution in [0.1, 0.15) is 30.3 Å². The van der Waals surface area contributed by atoms with E-state index in [0.29, 0.717) is 6.54 Å². The first-order valence-electron chi connectivity index (χ1n) is 6.53. The van der Waals surface area contributed by atoms with Crippen LogP contribution in [0, 0.1) is 0 Å². The van der Waals surface area contributed by atoms with E-state index in [4.69, 9.17) is 9.15 Å². The molecule has 20 heavy (non-hydrogen) atoms. The highest BCUT2D eigenvalue weighted by Gasteiger charge is 2.23. The third-order valence-electron chi connectivity index (χ3n) is 3.00. The van der Waals surface area contributed by atoms with Crippen molar-refractivity contribution in [3.8, 4) is 0 Å². The summed E-state index contributed by atoms with van der Waals surface area (Å²) >= 11 is 0. The molecule has 1 aromatic heterocycles. The Bertz CT molecular complexity index is 560. The van der Waals surface area contributed by atoms with E-state index in [9.17, 15) is 13.2 Å². The molecule has 0 amide bonds. The molecule has 2 heterocycles. The van der Waals surface area contributed by atoms with Gasteiger partial charge in [-0.15, -0.1) is 0 Å². The predicted octanol–water partition coefficient (Wildman–Crippen LogP) is 0.487. The van der Waals surface area contributed by atoms with E-state index in [0.717, 1.165) is 19.4 Å². The standard InChI is InChI=1S/C12H18N2O5S/c1-2-18-12(15)10-5-6-11(19-10)20(16,17)14-8-9-4-3-7-13-9/h5-6,9,13-14H,2-4,7-8H2,1H3. The van der Waals surface area contributed by atoms with E-state index in [1.807, 2.05) is 0 Å². The van der Waals surface area contributed by atoms with Crippen molar-refractivity contribution in [2.45, 2.75) is 30.9 Å². The van der Waals surface area contributed by atoms with E-state index >= 15 is 0 Å². The molecule has 1 aliphatic heterocycles. The van der Waals surface area contributed by atoms with Gasteiger partial charge in [0.05, 0.1) is 6.61 Å². The number of hydrogen-bond donors (Lipinski definition) is 2. The topological polar surface area (TPSA) is 97.6 Å². The van der Waals surface area contributed by atoms with E-state index in [1.165, 1.54) is 12.1 Å². The zero-order valence-corrected chi connectivity index (χ0v) is 12.0. The quantitative estimate of drug-likeness (QED) is 0.742. The van der Waals surface area contributed by atoms with E-state index in [2.05, 4.69) is 10.0 Å². The van der Waals surface area contributed by atoms with Crippen LogP contribution in [0.15, 0.2) is 21.6 Å². The Balaban J connectivity index is 2.00. The van der Waals surface area contributed by atoms with Gasteiger partial charge in [-0.25, -0.2) is 17.9 Å². The number of rotatable bonds is 6. The Morgan fingerprint density at radius 2 is 2.35 bits per heavy atom. The van der Waals surface area contributed by atoms with Crippen LogP contribution in [0.3, 0.4) is 0 Å². The molecule has 1 unspecified atom stereocenters. The summed E-state index contributed by atoms with van der Waals surface area (Å²) in [6.07, 6.45) is 1.98. The second-order valence-electron chi connectivity index (χ2n) is 4.48. The van der Waals surface area contributed by atoms with E-state index < -0.39 is 16.0 Å². The normalized spacial score (nSPS) is 19.1. The molecule has 0 saturated carbocycles. The maximum atomic E-state index is 12.0. The number of sulfonamides is 1. The van der Waals surface area contributed by atoms with E-state index in [-0.39, 0.29) is 23.5 Å². The zero-order chi connectivity index (χ0) is 14.6. The summed E-state index contributed by atoms with van der Waals surface area (Å²) in [5, 5.41) is 2.91. The molecule has 1 fully saturated rings. The predicted molar refractivity (Wildman–Crippen MR) is 70.9 cm³/mol. The van der Waals surface area contributed by atoms with Crippen LogP contribution in [-0.2, 0) is 14.8 Å². The van der Waals surface area contributed by atoms with E-state index in [1.54, 1.807) is 6.92 Å². The van der Waals surface area contributed by atoms with Crippen LogP contribution in [0.4, 0.5) is 0 Å². The van der Waals surface area contributed by atoms with Gasteiger partial charge >= 0.3 is 5.97 Å². The molecule has 0 bridgehead atoms. The van der Waals surface area contributed by atoms with Crippen molar-refractivity contribution in [2.75, 3.05) is 19.7 Å². The molecule has 8 heteroatoms. The number of nitrogens with one attached hydrogen (secondary N) is 2. The molecule has 0 aliphatic carbocycles. The second-order valence-corrected chi connectivity index (χ2v) is 6.18. The van der Waals surface area contributed by atoms with Crippen molar-refractivity contribution >= 4 is 16.0 Å². The van der Waals surface area contributed by atoms with Gasteiger partial charge in [0.15, 0.2) is 0 Å². The first kappa shape index (κ1) is 15.0. The second kappa shape index (κ2) is 6.38. The van der Waals surface area contributed by atoms with Crippen molar-refractivity contribution in [1.82, 2.24) is 10.0 Å². The highest BCUT2D eigenvalue weighted by molar-refractivity contribution is 7.89. The van der Waals surface area contributed by atoms with Crippen molar-refractivity contribution in [3.05, 3.63) is 17.9 Å². The minimum atomic E-state index is -3.74. The summed E-state index contributed by atoms with van der Waals surface area (Å²) in [7, 11) is -3.74. The van der Waals surface area contributed by atoms with Crippen molar-refractivity contribution < 1.29 is 22.4 Å². The Morgan fingerprint density at radius 3 is 3.00 bits per heavy atom. The molecule has 1 aliphatic rings. The van der Waals surface area contributed by atoms with Crippen LogP contribution in [0.25, 0.3) is 0 Å². The zero-order valence-electron chi connectivity index (χ0n) is 11.2. The Hall–Kier alpha value is -1.38. The smallest absolute Gasteiger partial charge is 0.374 e. The van der Waals surface area contributed by atoms with Gasteiger partial charge < -0.3 is 14.5 Å². The number of furan rings is 1. The lowest BCUT2D eigenvalue weighted by molar-refractivity contribution is 0.0484. The first-order chi connectivity index (χ1) is 9.53. The number of carbonyl (C=O) groups is 1. The SMILES string of the molecule is CCOC(=O)c1ccc(S(=O)(=O)NCC2CCCN2)o1. The largest absolute Gasteiger partial charge is 0.460 e. The monoisotopic (exact) mass is 302 g/mol. The van der Waals surface area contributed by atoms with Crippen LogP contribution in [0.5, 0.6) is 0 Å². The molecular formula is C12H18N2O5S. The minimum Gasteiger partial charge on any atom is -0.460 e. The average Bonchev–Trinajstić information content (AvgIpc) is 3.08. The minimum absolute atomic E-state index is 0.119. The molecular weight excluding hydrogens is 284 g/mol. The fraction of sp³-hybridized carbons (Fsp3) is 0.583. The molecule has 0 aromatic carbocycles. The number of ether oxygens (including phenoxy) is 1. The third kappa shape index (κ3) is 3.59. The number of carbonyl (C=O) groups excluding carboxylic acids is 1. The van der Waals surface area contributed by atoms with Gasteiger partial charge in [-0.3, -0.25) is 0 Å². The lowest BCUT2D eigenvalue weighted by Crippen LogP contribution is -2.37. The Labute approximate surface area is 117 Å². The number of hydrogen-bond acceptors (Lipinski definition) is 6. The molecule has 1 saturated heterocycles. The van der Waals surface area contributed by atoms with Crippen LogP contribution in [0.2, 0.25) is 0 Å². The summed E-state index contributed by atoms with van der Waals surface area (Å²) < 4.78 is 36.2. The highest BCUT2D eigenvalue weighted by Crippen LogP contribution is 2.15. The third-order valence-corrected chi connectivity index (χ3v) is 4.30. The van der Waals surface area contributed by atoms with Crippen molar-refractivity contribution in [1.29, 1.82) is 0 Å². The molecule has 1 aromatic rings. The van der Waals surface area contributed by atoms with Crippen LogP contribution in [-0.4, -0.2) is 40.1 Å². The maximum Gasteiger partial charge on any atom is 0.374 e. The molecule has 0 spiro atoms. The fourth-order valence-electron chi connectivity index (χ4n) is 1.99. The summed E-state index contributed by atoms with van der Waals surface area (Å²) in [5.41, 5.74) is 0. The number of esters is 1. The molecule has 112 valence electrons. The molecule has 2 N–H and O–H groups in total. The Morgan fingerprint density at radius 1 is 1.55 bits per heavy atom. The fourth-order valence-corrected chi connectivity index (χ4v) is 3.00. The van der Waals surface area contributed by atoms with Gasteiger partial charge in [-0.05, 0) is 38.4 Å².